The van der Waals surface area contributed by atoms with Crippen LogP contribution in [0.2, 0.25) is 0 Å². The molecule has 0 radical (unpaired) electrons. The molecule has 3 aromatic carbocycles. The highest BCUT2D eigenvalue weighted by molar-refractivity contribution is 7.86. The normalized spacial score (nSPS) is 13.4. The first-order valence-corrected chi connectivity index (χ1v) is 15.3. The molecule has 42 heavy (non-hydrogen) atoms. The third kappa shape index (κ3) is 6.03. The molecule has 0 unspecified atom stereocenters. The molecule has 13 nitrogen and oxygen atoms in total. The van der Waals surface area contributed by atoms with E-state index in [1.54, 1.807) is 31.2 Å². The van der Waals surface area contributed by atoms with E-state index in [-0.39, 0.29) is 63.8 Å². The second kappa shape index (κ2) is 11.0. The smallest absolute Gasteiger partial charge is 0.294 e. The average molecular weight is 610 g/mol. The maximum atomic E-state index is 12.7. The van der Waals surface area contributed by atoms with Crippen molar-refractivity contribution in [3.8, 4) is 0 Å². The Morgan fingerprint density at radius 3 is 2.05 bits per heavy atom. The standard InChI is InChI=1S/C27H23N5O8S2/c1-2-32-25(33)20-12-7-16(13-21(20)26(32)34)14-23-29-24(15-17-5-3-4-6-22(17)42(38,39)40)31-27(30-23)28-18-8-10-19(11-9-18)41(35,36)37/h3-13H,2,14-15H2,1H3,(H,35,36,37)(H,38,39,40)(H,28,29,30,31). The third-order valence-electron chi connectivity index (χ3n) is 6.45. The number of carbonyl (C=O) groups is 2. The summed E-state index contributed by atoms with van der Waals surface area (Å²) in [5.74, 6) is -0.324. The predicted octanol–water partition coefficient (Wildman–Crippen LogP) is 2.91. The Kier molecular flexibility index (Phi) is 7.59. The first-order chi connectivity index (χ1) is 19.8. The molecule has 3 N–H and O–H groups in total. The summed E-state index contributed by atoms with van der Waals surface area (Å²) in [4.78, 5) is 39.0. The van der Waals surface area contributed by atoms with E-state index in [1.807, 2.05) is 0 Å². The number of hydrogen-bond donors (Lipinski definition) is 3. The number of imide groups is 1. The second-order valence-electron chi connectivity index (χ2n) is 9.29. The first kappa shape index (κ1) is 28.9. The summed E-state index contributed by atoms with van der Waals surface area (Å²) in [6.07, 6.45) is 0.0250. The summed E-state index contributed by atoms with van der Waals surface area (Å²) in [7, 11) is -8.92. The average Bonchev–Trinajstić information content (AvgIpc) is 3.16. The molecule has 0 fully saturated rings. The van der Waals surface area contributed by atoms with Crippen molar-refractivity contribution in [2.75, 3.05) is 11.9 Å². The Morgan fingerprint density at radius 1 is 0.762 bits per heavy atom. The van der Waals surface area contributed by atoms with E-state index in [1.165, 1.54) is 42.5 Å². The zero-order chi connectivity index (χ0) is 30.2. The van der Waals surface area contributed by atoms with Gasteiger partial charge >= 0.3 is 0 Å². The van der Waals surface area contributed by atoms with Crippen molar-refractivity contribution in [3.05, 3.63) is 101 Å². The number of fused-ring (bicyclic) bond motifs is 1. The van der Waals surface area contributed by atoms with Crippen LogP contribution in [0.1, 0.15) is 50.4 Å². The van der Waals surface area contributed by atoms with Crippen LogP contribution in [0.25, 0.3) is 0 Å². The maximum Gasteiger partial charge on any atom is 0.294 e. The first-order valence-electron chi connectivity index (χ1n) is 12.5. The zero-order valence-corrected chi connectivity index (χ0v) is 23.6. The van der Waals surface area contributed by atoms with Crippen molar-refractivity contribution in [2.24, 2.45) is 0 Å². The molecule has 2 heterocycles. The molecule has 0 atom stereocenters. The molecule has 0 bridgehead atoms. The molecule has 1 aliphatic heterocycles. The highest BCUT2D eigenvalue weighted by atomic mass is 32.2. The number of rotatable bonds is 9. The van der Waals surface area contributed by atoms with Crippen LogP contribution in [-0.2, 0) is 33.1 Å². The van der Waals surface area contributed by atoms with E-state index in [0.717, 1.165) is 4.90 Å². The predicted molar refractivity (Wildman–Crippen MR) is 149 cm³/mol. The molecule has 1 aromatic heterocycles. The number of amides is 2. The van der Waals surface area contributed by atoms with E-state index < -0.39 is 26.1 Å². The van der Waals surface area contributed by atoms with Crippen molar-refractivity contribution in [3.63, 3.8) is 0 Å². The number of benzene rings is 3. The lowest BCUT2D eigenvalue weighted by Gasteiger charge is -2.11. The summed E-state index contributed by atoms with van der Waals surface area (Å²) in [6, 6.07) is 15.8. The van der Waals surface area contributed by atoms with Gasteiger partial charge in [-0.05, 0) is 60.5 Å². The van der Waals surface area contributed by atoms with Crippen LogP contribution >= 0.6 is 0 Å². The second-order valence-corrected chi connectivity index (χ2v) is 12.1. The minimum absolute atomic E-state index is 0.0449. The Labute approximate surface area is 240 Å². The molecule has 216 valence electrons. The molecule has 0 saturated carbocycles. The van der Waals surface area contributed by atoms with Gasteiger partial charge < -0.3 is 5.32 Å². The zero-order valence-electron chi connectivity index (χ0n) is 21.9. The molecule has 1 aliphatic rings. The van der Waals surface area contributed by atoms with Crippen LogP contribution < -0.4 is 5.32 Å². The van der Waals surface area contributed by atoms with Gasteiger partial charge in [0.1, 0.15) is 11.6 Å². The van der Waals surface area contributed by atoms with Crippen molar-refractivity contribution < 1.29 is 35.5 Å². The van der Waals surface area contributed by atoms with Crippen molar-refractivity contribution in [1.29, 1.82) is 0 Å². The lowest BCUT2D eigenvalue weighted by molar-refractivity contribution is 0.0662. The summed E-state index contributed by atoms with van der Waals surface area (Å²) < 4.78 is 65.5. The van der Waals surface area contributed by atoms with E-state index in [4.69, 9.17) is 0 Å². The minimum atomic E-state index is -4.53. The highest BCUT2D eigenvalue weighted by Crippen LogP contribution is 2.25. The highest BCUT2D eigenvalue weighted by Gasteiger charge is 2.34. The van der Waals surface area contributed by atoms with Crippen molar-refractivity contribution >= 4 is 43.7 Å². The van der Waals surface area contributed by atoms with Crippen molar-refractivity contribution in [2.45, 2.75) is 29.6 Å². The molecule has 0 spiro atoms. The molecular weight excluding hydrogens is 586 g/mol. The minimum Gasteiger partial charge on any atom is -0.324 e. The Bertz CT molecular complexity index is 1950. The number of nitrogens with one attached hydrogen (secondary N) is 1. The van der Waals surface area contributed by atoms with Crippen LogP contribution in [-0.4, -0.2) is 64.2 Å². The monoisotopic (exact) mass is 609 g/mol. The fraction of sp³-hybridized carbons (Fsp3) is 0.148. The molecule has 0 aliphatic carbocycles. The molecule has 5 rings (SSSR count). The lowest BCUT2D eigenvalue weighted by Crippen LogP contribution is -2.29. The quantitative estimate of drug-likeness (QED) is 0.186. The number of carbonyl (C=O) groups excluding carboxylic acids is 2. The topological polar surface area (TPSA) is 197 Å². The van der Waals surface area contributed by atoms with Gasteiger partial charge in [-0.1, -0.05) is 24.3 Å². The number of anilines is 2. The van der Waals surface area contributed by atoms with E-state index >= 15 is 0 Å². The fourth-order valence-electron chi connectivity index (χ4n) is 4.51. The van der Waals surface area contributed by atoms with Crippen LogP contribution in [0, 0.1) is 0 Å². The summed E-state index contributed by atoms with van der Waals surface area (Å²) in [5.41, 5.74) is 1.83. The Balaban J connectivity index is 1.51. The van der Waals surface area contributed by atoms with Crippen LogP contribution in [0.4, 0.5) is 11.6 Å². The fourth-order valence-corrected chi connectivity index (χ4v) is 5.71. The molecular formula is C27H23N5O8S2. The molecule has 0 saturated heterocycles. The van der Waals surface area contributed by atoms with Gasteiger partial charge in [0.25, 0.3) is 32.1 Å². The lowest BCUT2D eigenvalue weighted by atomic mass is 10.0. The summed E-state index contributed by atoms with van der Waals surface area (Å²) in [6.45, 7) is 1.95. The number of nitrogens with zero attached hydrogens (tertiary/aromatic N) is 4. The summed E-state index contributed by atoms with van der Waals surface area (Å²) in [5, 5.41) is 2.94. The van der Waals surface area contributed by atoms with E-state index in [2.05, 4.69) is 20.3 Å². The molecule has 2 amide bonds. The van der Waals surface area contributed by atoms with Crippen LogP contribution in [0.15, 0.2) is 76.5 Å². The maximum absolute atomic E-state index is 12.7. The van der Waals surface area contributed by atoms with Crippen LogP contribution in [0.3, 0.4) is 0 Å². The van der Waals surface area contributed by atoms with E-state index in [9.17, 15) is 35.5 Å². The molecule has 4 aromatic rings. The van der Waals surface area contributed by atoms with Crippen LogP contribution in [0.5, 0.6) is 0 Å². The number of hydrogen-bond acceptors (Lipinski definition) is 10. The largest absolute Gasteiger partial charge is 0.324 e. The number of aromatic nitrogens is 3. The van der Waals surface area contributed by atoms with Gasteiger partial charge in [0.2, 0.25) is 5.95 Å². The van der Waals surface area contributed by atoms with Gasteiger partial charge in [-0.2, -0.15) is 26.8 Å². The van der Waals surface area contributed by atoms with Gasteiger partial charge in [0.15, 0.2) is 0 Å². The SMILES string of the molecule is CCN1C(=O)c2ccc(Cc3nc(Cc4ccccc4S(=O)(=O)O)nc(Nc4ccc(S(=O)(=O)O)cc4)n3)cc2C1=O. The van der Waals surface area contributed by atoms with Gasteiger partial charge in [0, 0.05) is 25.1 Å². The Hall–Kier alpha value is -4.57. The third-order valence-corrected chi connectivity index (χ3v) is 8.27. The van der Waals surface area contributed by atoms with E-state index in [0.29, 0.717) is 16.8 Å². The van der Waals surface area contributed by atoms with Gasteiger partial charge in [-0.15, -0.1) is 0 Å². The van der Waals surface area contributed by atoms with Crippen molar-refractivity contribution in [1.82, 2.24) is 19.9 Å². The summed E-state index contributed by atoms with van der Waals surface area (Å²) >= 11 is 0. The van der Waals surface area contributed by atoms with Gasteiger partial charge in [-0.3, -0.25) is 23.6 Å². The molecule has 15 heteroatoms. The van der Waals surface area contributed by atoms with Gasteiger partial charge in [0.05, 0.1) is 20.9 Å². The van der Waals surface area contributed by atoms with Gasteiger partial charge in [-0.25, -0.2) is 4.98 Å². The Morgan fingerprint density at radius 2 is 1.40 bits per heavy atom.